The number of benzene rings is 1. The highest BCUT2D eigenvalue weighted by Crippen LogP contribution is 2.63. The third-order valence-corrected chi connectivity index (χ3v) is 9.09. The quantitative estimate of drug-likeness (QED) is 0.357. The molecule has 0 bridgehead atoms. The maximum absolute atomic E-state index is 11.8. The van der Waals surface area contributed by atoms with Crippen molar-refractivity contribution in [2.75, 3.05) is 6.61 Å². The van der Waals surface area contributed by atoms with Crippen LogP contribution in [0.25, 0.3) is 0 Å². The molecule has 0 amide bonds. The lowest BCUT2D eigenvalue weighted by atomic mass is 9.52. The summed E-state index contributed by atoms with van der Waals surface area (Å²) in [5.74, 6) is 2.74. The molecule has 0 spiro atoms. The van der Waals surface area contributed by atoms with Gasteiger partial charge in [0.05, 0.1) is 0 Å². The zero-order chi connectivity index (χ0) is 22.7. The van der Waals surface area contributed by atoms with E-state index in [1.54, 1.807) is 6.92 Å². The standard InChI is InChI=1S/C28H42O4/c1-19(30)32-26-13-12-25-27-20(9-7-5-3-4-6-8-16-29)17-21-18-22(31)10-11-23(21)24(27)14-15-28(25,26)2/h10-11,18,20,24-27,29,31H,3-9,12-17H2,1-2H3/t20-,24-,25+,26+,27-,28+/m1/s1. The summed E-state index contributed by atoms with van der Waals surface area (Å²) in [7, 11) is 0. The number of ether oxygens (including phenoxy) is 1. The van der Waals surface area contributed by atoms with Gasteiger partial charge in [0.25, 0.3) is 0 Å². The van der Waals surface area contributed by atoms with Crippen LogP contribution in [0.2, 0.25) is 0 Å². The van der Waals surface area contributed by atoms with Crippen molar-refractivity contribution in [3.8, 4) is 5.75 Å². The van der Waals surface area contributed by atoms with Crippen LogP contribution in [0.5, 0.6) is 5.75 Å². The molecule has 2 N–H and O–H groups in total. The normalized spacial score (nSPS) is 33.3. The van der Waals surface area contributed by atoms with E-state index >= 15 is 0 Å². The monoisotopic (exact) mass is 442 g/mol. The fourth-order valence-corrected chi connectivity index (χ4v) is 7.63. The Labute approximate surface area is 193 Å². The lowest BCUT2D eigenvalue weighted by Gasteiger charge is -2.53. The van der Waals surface area contributed by atoms with E-state index in [9.17, 15) is 9.90 Å². The number of hydrogen-bond donors (Lipinski definition) is 2. The minimum absolute atomic E-state index is 0.0688. The Morgan fingerprint density at radius 2 is 1.84 bits per heavy atom. The average Bonchev–Trinajstić information content (AvgIpc) is 3.08. The molecule has 3 aliphatic rings. The minimum atomic E-state index is -0.138. The molecule has 4 heteroatoms. The number of unbranched alkanes of at least 4 members (excludes halogenated alkanes) is 5. The molecular weight excluding hydrogens is 400 g/mol. The Bertz CT molecular complexity index is 790. The SMILES string of the molecule is CC(=O)O[C@H]1CC[C@H]2[C@@H]3[C@H](CCCCCCCCO)Cc4cc(O)ccc4[C@H]3CC[C@]12C. The van der Waals surface area contributed by atoms with E-state index in [1.165, 1.54) is 49.7 Å². The first-order valence-corrected chi connectivity index (χ1v) is 13.0. The summed E-state index contributed by atoms with van der Waals surface area (Å²) in [5, 5.41) is 19.1. The molecule has 0 heterocycles. The van der Waals surface area contributed by atoms with Gasteiger partial charge in [0, 0.05) is 18.9 Å². The molecule has 1 aromatic carbocycles. The first-order chi connectivity index (χ1) is 15.4. The van der Waals surface area contributed by atoms with E-state index in [-0.39, 0.29) is 17.5 Å². The highest BCUT2D eigenvalue weighted by atomic mass is 16.5. The van der Waals surface area contributed by atoms with Gasteiger partial charge in [0.1, 0.15) is 11.9 Å². The molecule has 0 aliphatic heterocycles. The van der Waals surface area contributed by atoms with Crippen molar-refractivity contribution in [3.63, 3.8) is 0 Å². The van der Waals surface area contributed by atoms with Gasteiger partial charge in [-0.25, -0.2) is 0 Å². The van der Waals surface area contributed by atoms with Crippen molar-refractivity contribution in [2.45, 2.75) is 103 Å². The molecule has 0 saturated heterocycles. The number of aromatic hydroxyl groups is 1. The van der Waals surface area contributed by atoms with Crippen molar-refractivity contribution in [1.82, 2.24) is 0 Å². The molecule has 3 aliphatic carbocycles. The molecule has 2 saturated carbocycles. The maximum Gasteiger partial charge on any atom is 0.302 e. The smallest absolute Gasteiger partial charge is 0.302 e. The average molecular weight is 443 g/mol. The van der Waals surface area contributed by atoms with Crippen LogP contribution < -0.4 is 0 Å². The topological polar surface area (TPSA) is 66.8 Å². The van der Waals surface area contributed by atoms with Crippen LogP contribution >= 0.6 is 0 Å². The molecule has 0 unspecified atom stereocenters. The highest BCUT2D eigenvalue weighted by Gasteiger charge is 2.57. The molecule has 2 fully saturated rings. The fourth-order valence-electron chi connectivity index (χ4n) is 7.63. The molecule has 0 aromatic heterocycles. The summed E-state index contributed by atoms with van der Waals surface area (Å²) in [6.45, 7) is 4.25. The first kappa shape index (κ1) is 23.6. The third-order valence-electron chi connectivity index (χ3n) is 9.09. The molecular formula is C28H42O4. The van der Waals surface area contributed by atoms with Crippen molar-refractivity contribution in [1.29, 1.82) is 0 Å². The van der Waals surface area contributed by atoms with Crippen molar-refractivity contribution < 1.29 is 19.7 Å². The van der Waals surface area contributed by atoms with Gasteiger partial charge >= 0.3 is 5.97 Å². The van der Waals surface area contributed by atoms with Crippen LogP contribution in [-0.2, 0) is 16.0 Å². The second kappa shape index (κ2) is 10.2. The van der Waals surface area contributed by atoms with Crippen LogP contribution in [0, 0.1) is 23.2 Å². The molecule has 178 valence electrons. The van der Waals surface area contributed by atoms with Crippen molar-refractivity contribution in [2.24, 2.45) is 23.2 Å². The zero-order valence-corrected chi connectivity index (χ0v) is 20.0. The summed E-state index contributed by atoms with van der Waals surface area (Å²) in [4.78, 5) is 11.8. The van der Waals surface area contributed by atoms with Crippen molar-refractivity contribution >= 4 is 5.97 Å². The Kier molecular flexibility index (Phi) is 7.49. The van der Waals surface area contributed by atoms with Gasteiger partial charge in [0.15, 0.2) is 0 Å². The Morgan fingerprint density at radius 3 is 2.59 bits per heavy atom. The van der Waals surface area contributed by atoms with Crippen LogP contribution in [0.15, 0.2) is 18.2 Å². The predicted octanol–water partition coefficient (Wildman–Crippen LogP) is 6.13. The van der Waals surface area contributed by atoms with Crippen LogP contribution in [0.1, 0.15) is 102 Å². The fraction of sp³-hybridized carbons (Fsp3) is 0.750. The molecule has 6 atom stereocenters. The Balaban J connectivity index is 1.51. The molecule has 32 heavy (non-hydrogen) atoms. The largest absolute Gasteiger partial charge is 0.508 e. The van der Waals surface area contributed by atoms with Gasteiger partial charge in [-0.3, -0.25) is 4.79 Å². The summed E-state index contributed by atoms with van der Waals surface area (Å²) in [6, 6.07) is 6.06. The van der Waals surface area contributed by atoms with Gasteiger partial charge < -0.3 is 14.9 Å². The molecule has 0 radical (unpaired) electrons. The summed E-state index contributed by atoms with van der Waals surface area (Å²) in [6.07, 6.45) is 13.9. The summed E-state index contributed by atoms with van der Waals surface area (Å²) in [5.41, 5.74) is 2.92. The number of phenols is 1. The number of carbonyl (C=O) groups excluding carboxylic acids is 1. The van der Waals surface area contributed by atoms with Crippen LogP contribution in [0.3, 0.4) is 0 Å². The second-order valence-corrected chi connectivity index (χ2v) is 11.0. The zero-order valence-electron chi connectivity index (χ0n) is 20.0. The van der Waals surface area contributed by atoms with Gasteiger partial charge in [-0.2, -0.15) is 0 Å². The lowest BCUT2D eigenvalue weighted by molar-refractivity contribution is -0.155. The first-order valence-electron chi connectivity index (χ1n) is 13.0. The summed E-state index contributed by atoms with van der Waals surface area (Å²) >= 11 is 0. The van der Waals surface area contributed by atoms with E-state index < -0.39 is 0 Å². The highest BCUT2D eigenvalue weighted by molar-refractivity contribution is 5.66. The number of hydrogen-bond acceptors (Lipinski definition) is 4. The van der Waals surface area contributed by atoms with E-state index in [2.05, 4.69) is 13.0 Å². The van der Waals surface area contributed by atoms with Gasteiger partial charge in [-0.1, -0.05) is 45.1 Å². The van der Waals surface area contributed by atoms with E-state index in [0.29, 0.717) is 36.0 Å². The Morgan fingerprint density at radius 1 is 1.09 bits per heavy atom. The van der Waals surface area contributed by atoms with Gasteiger partial charge in [0.2, 0.25) is 0 Å². The molecule has 4 nitrogen and oxygen atoms in total. The lowest BCUT2D eigenvalue weighted by Crippen LogP contribution is -2.48. The van der Waals surface area contributed by atoms with Crippen LogP contribution in [0.4, 0.5) is 0 Å². The maximum atomic E-state index is 11.8. The number of esters is 1. The molecule has 4 rings (SSSR count). The van der Waals surface area contributed by atoms with E-state index in [1.807, 2.05) is 12.1 Å². The van der Waals surface area contributed by atoms with E-state index in [0.717, 1.165) is 38.5 Å². The number of phenolic OH excluding ortho intramolecular Hbond substituents is 1. The predicted molar refractivity (Wildman–Crippen MR) is 127 cm³/mol. The third kappa shape index (κ3) is 4.71. The van der Waals surface area contributed by atoms with E-state index in [4.69, 9.17) is 9.84 Å². The molecule has 1 aromatic rings. The number of carbonyl (C=O) groups is 1. The number of aliphatic hydroxyl groups excluding tert-OH is 1. The van der Waals surface area contributed by atoms with Gasteiger partial charge in [-0.15, -0.1) is 0 Å². The second-order valence-electron chi connectivity index (χ2n) is 11.0. The Hall–Kier alpha value is -1.55. The number of rotatable bonds is 9. The number of fused-ring (bicyclic) bond motifs is 5. The summed E-state index contributed by atoms with van der Waals surface area (Å²) < 4.78 is 5.84. The minimum Gasteiger partial charge on any atom is -0.508 e. The van der Waals surface area contributed by atoms with Crippen LogP contribution in [-0.4, -0.2) is 28.9 Å². The number of aliphatic hydroxyl groups is 1. The van der Waals surface area contributed by atoms with Gasteiger partial charge in [-0.05, 0) is 91.9 Å². The van der Waals surface area contributed by atoms with Crippen molar-refractivity contribution in [3.05, 3.63) is 29.3 Å².